The fourth-order valence-corrected chi connectivity index (χ4v) is 2.58. The van der Waals surface area contributed by atoms with Gasteiger partial charge in [0.2, 0.25) is 5.91 Å². The normalized spacial score (nSPS) is 13.9. The minimum Gasteiger partial charge on any atom is -0.497 e. The standard InChI is InChI=1S/C17H21N3O2/c1-22-16-4-2-3-13(9-16)12-20(15-6-7-15)17(21)8-5-14-10-18-19-11-14/h2-4,9-11,15H,5-8,12H2,1H3,(H,18,19). The number of aromatic amines is 1. The van der Waals surface area contributed by atoms with Crippen LogP contribution >= 0.6 is 0 Å². The highest BCUT2D eigenvalue weighted by atomic mass is 16.5. The maximum absolute atomic E-state index is 12.5. The summed E-state index contributed by atoms with van der Waals surface area (Å²) in [4.78, 5) is 14.6. The molecule has 1 aliphatic rings. The number of carbonyl (C=O) groups is 1. The molecule has 1 fully saturated rings. The summed E-state index contributed by atoms with van der Waals surface area (Å²) in [5, 5.41) is 6.70. The predicted octanol–water partition coefficient (Wildman–Crippen LogP) is 2.54. The molecule has 2 aromatic rings. The molecule has 5 nitrogen and oxygen atoms in total. The summed E-state index contributed by atoms with van der Waals surface area (Å²) in [6, 6.07) is 8.34. The first-order valence-corrected chi connectivity index (χ1v) is 7.66. The molecule has 0 unspecified atom stereocenters. The number of H-pyrrole nitrogens is 1. The van der Waals surface area contributed by atoms with Crippen LogP contribution in [0.2, 0.25) is 0 Å². The highest BCUT2D eigenvalue weighted by Crippen LogP contribution is 2.29. The average Bonchev–Trinajstić information content (AvgIpc) is 3.25. The molecule has 0 saturated heterocycles. The van der Waals surface area contributed by atoms with Gasteiger partial charge in [-0.15, -0.1) is 0 Å². The molecule has 0 radical (unpaired) electrons. The van der Waals surface area contributed by atoms with Gasteiger partial charge in [0.05, 0.1) is 13.3 Å². The summed E-state index contributed by atoms with van der Waals surface area (Å²) in [7, 11) is 1.66. The molecule has 5 heteroatoms. The zero-order valence-electron chi connectivity index (χ0n) is 12.8. The van der Waals surface area contributed by atoms with Crippen molar-refractivity contribution in [3.8, 4) is 5.75 Å². The number of rotatable bonds is 7. The number of carbonyl (C=O) groups excluding carboxylic acids is 1. The lowest BCUT2D eigenvalue weighted by Gasteiger charge is -2.23. The van der Waals surface area contributed by atoms with Crippen LogP contribution in [0.25, 0.3) is 0 Å². The molecule has 0 spiro atoms. The van der Waals surface area contributed by atoms with E-state index in [2.05, 4.69) is 10.2 Å². The highest BCUT2D eigenvalue weighted by Gasteiger charge is 2.32. The Morgan fingerprint density at radius 1 is 1.41 bits per heavy atom. The molecule has 1 N–H and O–H groups in total. The van der Waals surface area contributed by atoms with Crippen LogP contribution in [0.3, 0.4) is 0 Å². The fourth-order valence-electron chi connectivity index (χ4n) is 2.58. The van der Waals surface area contributed by atoms with E-state index in [1.54, 1.807) is 13.3 Å². The molecule has 0 bridgehead atoms. The first-order chi connectivity index (χ1) is 10.8. The second-order valence-electron chi connectivity index (χ2n) is 5.71. The minimum absolute atomic E-state index is 0.214. The van der Waals surface area contributed by atoms with Crippen LogP contribution in [0, 0.1) is 0 Å². The van der Waals surface area contributed by atoms with Crippen LogP contribution < -0.4 is 4.74 Å². The lowest BCUT2D eigenvalue weighted by molar-refractivity contribution is -0.132. The van der Waals surface area contributed by atoms with E-state index < -0.39 is 0 Å². The van der Waals surface area contributed by atoms with Gasteiger partial charge in [0.25, 0.3) is 0 Å². The average molecular weight is 299 g/mol. The van der Waals surface area contributed by atoms with Crippen molar-refractivity contribution in [2.75, 3.05) is 7.11 Å². The van der Waals surface area contributed by atoms with Gasteiger partial charge in [-0.05, 0) is 42.5 Å². The largest absolute Gasteiger partial charge is 0.497 e. The Balaban J connectivity index is 1.63. The smallest absolute Gasteiger partial charge is 0.223 e. The zero-order chi connectivity index (χ0) is 15.4. The Morgan fingerprint density at radius 3 is 2.95 bits per heavy atom. The Kier molecular flexibility index (Phi) is 4.42. The summed E-state index contributed by atoms with van der Waals surface area (Å²) >= 11 is 0. The lowest BCUT2D eigenvalue weighted by Crippen LogP contribution is -2.32. The summed E-state index contributed by atoms with van der Waals surface area (Å²) < 4.78 is 5.26. The fraction of sp³-hybridized carbons (Fsp3) is 0.412. The quantitative estimate of drug-likeness (QED) is 0.854. The molecule has 116 valence electrons. The second kappa shape index (κ2) is 6.64. The maximum Gasteiger partial charge on any atom is 0.223 e. The van der Waals surface area contributed by atoms with Gasteiger partial charge in [-0.3, -0.25) is 9.89 Å². The number of nitrogens with one attached hydrogen (secondary N) is 1. The van der Waals surface area contributed by atoms with E-state index in [-0.39, 0.29) is 5.91 Å². The van der Waals surface area contributed by atoms with Crippen LogP contribution in [-0.2, 0) is 17.8 Å². The summed E-state index contributed by atoms with van der Waals surface area (Å²) in [6.45, 7) is 0.659. The van der Waals surface area contributed by atoms with E-state index in [1.807, 2.05) is 35.4 Å². The highest BCUT2D eigenvalue weighted by molar-refractivity contribution is 5.77. The van der Waals surface area contributed by atoms with E-state index in [1.165, 1.54) is 0 Å². The number of hydrogen-bond acceptors (Lipinski definition) is 3. The maximum atomic E-state index is 12.5. The van der Waals surface area contributed by atoms with Crippen molar-refractivity contribution in [1.29, 1.82) is 0 Å². The number of nitrogens with zero attached hydrogens (tertiary/aromatic N) is 2. The van der Waals surface area contributed by atoms with Crippen LogP contribution in [0.15, 0.2) is 36.7 Å². The van der Waals surface area contributed by atoms with Gasteiger partial charge in [-0.1, -0.05) is 12.1 Å². The Morgan fingerprint density at radius 2 is 2.27 bits per heavy atom. The first-order valence-electron chi connectivity index (χ1n) is 7.66. The Bertz CT molecular complexity index is 621. The molecule has 0 aliphatic heterocycles. The van der Waals surface area contributed by atoms with Crippen molar-refractivity contribution in [2.24, 2.45) is 0 Å². The van der Waals surface area contributed by atoms with Crippen LogP contribution in [0.4, 0.5) is 0 Å². The molecule has 1 heterocycles. The number of methoxy groups -OCH3 is 1. The van der Waals surface area contributed by atoms with Gasteiger partial charge >= 0.3 is 0 Å². The molecule has 1 saturated carbocycles. The number of amides is 1. The van der Waals surface area contributed by atoms with Crippen molar-refractivity contribution in [3.63, 3.8) is 0 Å². The van der Waals surface area contributed by atoms with Crippen LogP contribution in [0.1, 0.15) is 30.4 Å². The first kappa shape index (κ1) is 14.6. The third-order valence-electron chi connectivity index (χ3n) is 3.98. The number of aryl methyl sites for hydroxylation is 1. The van der Waals surface area contributed by atoms with E-state index in [9.17, 15) is 4.79 Å². The number of benzene rings is 1. The third-order valence-corrected chi connectivity index (χ3v) is 3.98. The van der Waals surface area contributed by atoms with E-state index >= 15 is 0 Å². The summed E-state index contributed by atoms with van der Waals surface area (Å²) in [5.41, 5.74) is 2.19. The molecule has 1 amide bonds. The topological polar surface area (TPSA) is 58.2 Å². The third kappa shape index (κ3) is 3.67. The predicted molar refractivity (Wildman–Crippen MR) is 83.5 cm³/mol. The van der Waals surface area contributed by atoms with Crippen molar-refractivity contribution < 1.29 is 9.53 Å². The van der Waals surface area contributed by atoms with Crippen molar-refractivity contribution >= 4 is 5.91 Å². The lowest BCUT2D eigenvalue weighted by atomic mass is 10.1. The summed E-state index contributed by atoms with van der Waals surface area (Å²) in [5.74, 6) is 1.05. The van der Waals surface area contributed by atoms with Crippen molar-refractivity contribution in [1.82, 2.24) is 15.1 Å². The van der Waals surface area contributed by atoms with Gasteiger partial charge in [0.15, 0.2) is 0 Å². The number of ether oxygens (including phenoxy) is 1. The molecule has 1 aromatic carbocycles. The molecule has 22 heavy (non-hydrogen) atoms. The molecular weight excluding hydrogens is 278 g/mol. The van der Waals surface area contributed by atoms with Crippen LogP contribution in [-0.4, -0.2) is 34.2 Å². The Labute approximate surface area is 130 Å². The van der Waals surface area contributed by atoms with Crippen LogP contribution in [0.5, 0.6) is 5.75 Å². The summed E-state index contributed by atoms with van der Waals surface area (Å²) in [6.07, 6.45) is 7.10. The second-order valence-corrected chi connectivity index (χ2v) is 5.71. The van der Waals surface area contributed by atoms with E-state index in [0.29, 0.717) is 19.0 Å². The van der Waals surface area contributed by atoms with E-state index in [0.717, 1.165) is 36.1 Å². The SMILES string of the molecule is COc1cccc(CN(C(=O)CCc2cn[nH]c2)C2CC2)c1. The molecule has 3 rings (SSSR count). The van der Waals surface area contributed by atoms with Gasteiger partial charge in [-0.25, -0.2) is 0 Å². The molecule has 1 aromatic heterocycles. The number of hydrogen-bond donors (Lipinski definition) is 1. The minimum atomic E-state index is 0.214. The molecular formula is C17H21N3O2. The van der Waals surface area contributed by atoms with Gasteiger partial charge in [0.1, 0.15) is 5.75 Å². The zero-order valence-corrected chi connectivity index (χ0v) is 12.8. The monoisotopic (exact) mass is 299 g/mol. The van der Waals surface area contributed by atoms with Crippen molar-refractivity contribution in [3.05, 3.63) is 47.8 Å². The molecule has 0 atom stereocenters. The van der Waals surface area contributed by atoms with Gasteiger partial charge < -0.3 is 9.64 Å². The van der Waals surface area contributed by atoms with Gasteiger partial charge in [0, 0.05) is 25.2 Å². The van der Waals surface area contributed by atoms with Gasteiger partial charge in [-0.2, -0.15) is 5.10 Å². The van der Waals surface area contributed by atoms with Crippen molar-refractivity contribution in [2.45, 2.75) is 38.3 Å². The number of aromatic nitrogens is 2. The molecule has 1 aliphatic carbocycles. The Hall–Kier alpha value is -2.30. The van der Waals surface area contributed by atoms with E-state index in [4.69, 9.17) is 4.74 Å².